The average molecular weight is 279 g/mol. The van der Waals surface area contributed by atoms with Gasteiger partial charge >= 0.3 is 5.97 Å². The van der Waals surface area contributed by atoms with Crippen LogP contribution in [-0.4, -0.2) is 45.1 Å². The predicted molar refractivity (Wildman–Crippen MR) is 73.0 cm³/mol. The lowest BCUT2D eigenvalue weighted by molar-refractivity contribution is -0.130. The summed E-state index contributed by atoms with van der Waals surface area (Å²) in [7, 11) is 6.08. The Bertz CT molecular complexity index is 500. The van der Waals surface area contributed by atoms with E-state index < -0.39 is 5.97 Å². The van der Waals surface area contributed by atoms with Gasteiger partial charge in [-0.25, -0.2) is 4.79 Å². The summed E-state index contributed by atoms with van der Waals surface area (Å²) in [4.78, 5) is 24.4. The smallest absolute Gasteiger partial charge is 0.336 e. The lowest BCUT2D eigenvalue weighted by atomic mass is 10.3. The van der Waals surface area contributed by atoms with Gasteiger partial charge in [-0.15, -0.1) is 0 Å². The molecule has 0 aromatic heterocycles. The summed E-state index contributed by atoms with van der Waals surface area (Å²) in [6.07, 6.45) is 2.18. The van der Waals surface area contributed by atoms with Crippen molar-refractivity contribution in [3.8, 4) is 17.2 Å². The lowest BCUT2D eigenvalue weighted by Crippen LogP contribution is -2.19. The van der Waals surface area contributed by atoms with Gasteiger partial charge in [0.15, 0.2) is 11.5 Å². The van der Waals surface area contributed by atoms with Gasteiger partial charge in [-0.1, -0.05) is 6.07 Å². The zero-order chi connectivity index (χ0) is 15.1. The maximum atomic E-state index is 11.7. The molecule has 0 aliphatic carbocycles. The number of benzene rings is 1. The molecule has 1 rings (SSSR count). The molecule has 1 aromatic rings. The molecule has 0 atom stereocenters. The molecule has 0 saturated carbocycles. The largest absolute Gasteiger partial charge is 0.493 e. The molecule has 108 valence electrons. The highest BCUT2D eigenvalue weighted by atomic mass is 16.6. The van der Waals surface area contributed by atoms with E-state index >= 15 is 0 Å². The zero-order valence-corrected chi connectivity index (χ0v) is 11.9. The number of carbonyl (C=O) groups is 2. The standard InChI is InChI=1S/C14H17NO5/c1-15(2)12(16)8-9-13(17)20-14-10(18-3)6-5-7-11(14)19-4/h5-9H,1-4H3/b9-8+. The van der Waals surface area contributed by atoms with Gasteiger partial charge in [0.1, 0.15) is 0 Å². The Hall–Kier alpha value is -2.50. The highest BCUT2D eigenvalue weighted by molar-refractivity contribution is 5.95. The maximum Gasteiger partial charge on any atom is 0.336 e. The first kappa shape index (κ1) is 15.6. The number of hydrogen-bond donors (Lipinski definition) is 0. The number of methoxy groups -OCH3 is 2. The van der Waals surface area contributed by atoms with Gasteiger partial charge in [0.2, 0.25) is 11.7 Å². The fraction of sp³-hybridized carbons (Fsp3) is 0.286. The number of amides is 1. The summed E-state index contributed by atoms with van der Waals surface area (Å²) in [6, 6.07) is 4.99. The fourth-order valence-electron chi connectivity index (χ4n) is 1.34. The van der Waals surface area contributed by atoms with Crippen molar-refractivity contribution in [2.75, 3.05) is 28.3 Å². The van der Waals surface area contributed by atoms with Crippen LogP contribution in [0.3, 0.4) is 0 Å². The quantitative estimate of drug-likeness (QED) is 0.461. The normalized spacial score (nSPS) is 10.2. The minimum absolute atomic E-state index is 0.171. The minimum Gasteiger partial charge on any atom is -0.493 e. The summed E-state index contributed by atoms with van der Waals surface area (Å²) in [5.41, 5.74) is 0. The predicted octanol–water partition coefficient (Wildman–Crippen LogP) is 1.25. The van der Waals surface area contributed by atoms with Gasteiger partial charge in [0.25, 0.3) is 0 Å². The molecule has 0 heterocycles. The number of hydrogen-bond acceptors (Lipinski definition) is 5. The van der Waals surface area contributed by atoms with E-state index in [0.29, 0.717) is 11.5 Å². The summed E-state index contributed by atoms with van der Waals surface area (Å²) in [5, 5.41) is 0. The maximum absolute atomic E-state index is 11.7. The molecule has 0 unspecified atom stereocenters. The molecule has 0 fully saturated rings. The van der Waals surface area contributed by atoms with Crippen LogP contribution in [0.4, 0.5) is 0 Å². The van der Waals surface area contributed by atoms with E-state index in [-0.39, 0.29) is 11.7 Å². The van der Waals surface area contributed by atoms with Crippen LogP contribution in [0.5, 0.6) is 17.2 Å². The van der Waals surface area contributed by atoms with E-state index in [9.17, 15) is 9.59 Å². The SMILES string of the molecule is COc1cccc(OC)c1OC(=O)/C=C/C(=O)N(C)C. The van der Waals surface area contributed by atoms with E-state index in [1.54, 1.807) is 32.3 Å². The monoisotopic (exact) mass is 279 g/mol. The van der Waals surface area contributed by atoms with E-state index in [0.717, 1.165) is 12.2 Å². The van der Waals surface area contributed by atoms with Crippen molar-refractivity contribution >= 4 is 11.9 Å². The van der Waals surface area contributed by atoms with Crippen molar-refractivity contribution in [3.05, 3.63) is 30.4 Å². The van der Waals surface area contributed by atoms with Gasteiger partial charge in [-0.2, -0.15) is 0 Å². The molecule has 1 aromatic carbocycles. The van der Waals surface area contributed by atoms with Crippen LogP contribution in [0, 0.1) is 0 Å². The number of rotatable bonds is 5. The fourth-order valence-corrected chi connectivity index (χ4v) is 1.34. The number of para-hydroxylation sites is 1. The van der Waals surface area contributed by atoms with Gasteiger partial charge in [0, 0.05) is 26.2 Å². The summed E-state index contributed by atoms with van der Waals surface area (Å²) in [5.74, 6) is -0.100. The number of esters is 1. The van der Waals surface area contributed by atoms with Crippen LogP contribution >= 0.6 is 0 Å². The first-order chi connectivity index (χ1) is 9.49. The zero-order valence-electron chi connectivity index (χ0n) is 11.9. The lowest BCUT2D eigenvalue weighted by Gasteiger charge is -2.11. The minimum atomic E-state index is -0.692. The van der Waals surface area contributed by atoms with E-state index in [4.69, 9.17) is 14.2 Å². The van der Waals surface area contributed by atoms with Crippen molar-refractivity contribution in [2.45, 2.75) is 0 Å². The van der Waals surface area contributed by atoms with Crippen LogP contribution in [0.25, 0.3) is 0 Å². The summed E-state index contributed by atoms with van der Waals surface area (Å²) in [6.45, 7) is 0. The Labute approximate surface area is 117 Å². The third-order valence-corrected chi connectivity index (χ3v) is 2.39. The Morgan fingerprint density at radius 3 is 2.05 bits per heavy atom. The van der Waals surface area contributed by atoms with Crippen LogP contribution in [0.1, 0.15) is 0 Å². The number of nitrogens with zero attached hydrogens (tertiary/aromatic N) is 1. The first-order valence-corrected chi connectivity index (χ1v) is 5.81. The Balaban J connectivity index is 2.88. The molecule has 0 aliphatic rings. The van der Waals surface area contributed by atoms with Gasteiger partial charge in [-0.3, -0.25) is 4.79 Å². The second-order valence-corrected chi connectivity index (χ2v) is 3.98. The molecule has 0 radical (unpaired) electrons. The highest BCUT2D eigenvalue weighted by Gasteiger charge is 2.14. The van der Waals surface area contributed by atoms with Crippen molar-refractivity contribution < 1.29 is 23.8 Å². The molecule has 6 heteroatoms. The number of ether oxygens (including phenoxy) is 3. The van der Waals surface area contributed by atoms with E-state index in [1.807, 2.05) is 0 Å². The molecule has 0 bridgehead atoms. The van der Waals surface area contributed by atoms with Crippen LogP contribution < -0.4 is 14.2 Å². The first-order valence-electron chi connectivity index (χ1n) is 5.81. The third kappa shape index (κ3) is 4.01. The average Bonchev–Trinajstić information content (AvgIpc) is 2.44. The molecule has 20 heavy (non-hydrogen) atoms. The molecule has 0 N–H and O–H groups in total. The second-order valence-electron chi connectivity index (χ2n) is 3.98. The number of likely N-dealkylation sites (N-methyl/N-ethyl adjacent to an activating group) is 1. The molecular formula is C14H17NO5. The van der Waals surface area contributed by atoms with Crippen LogP contribution in [-0.2, 0) is 9.59 Å². The molecular weight excluding hydrogens is 262 g/mol. The van der Waals surface area contributed by atoms with E-state index in [2.05, 4.69) is 0 Å². The van der Waals surface area contributed by atoms with Gasteiger partial charge < -0.3 is 19.1 Å². The summed E-state index contributed by atoms with van der Waals surface area (Å²) >= 11 is 0. The van der Waals surface area contributed by atoms with Crippen LogP contribution in [0.15, 0.2) is 30.4 Å². The van der Waals surface area contributed by atoms with E-state index in [1.165, 1.54) is 19.1 Å². The van der Waals surface area contributed by atoms with Gasteiger partial charge in [-0.05, 0) is 12.1 Å². The molecule has 0 saturated heterocycles. The topological polar surface area (TPSA) is 65.1 Å². The third-order valence-electron chi connectivity index (χ3n) is 2.39. The van der Waals surface area contributed by atoms with Crippen molar-refractivity contribution in [1.82, 2.24) is 4.90 Å². The molecule has 0 spiro atoms. The van der Waals surface area contributed by atoms with Gasteiger partial charge in [0.05, 0.1) is 14.2 Å². The number of carbonyl (C=O) groups excluding carboxylic acids is 2. The summed E-state index contributed by atoms with van der Waals surface area (Å²) < 4.78 is 15.3. The van der Waals surface area contributed by atoms with Crippen molar-refractivity contribution in [1.29, 1.82) is 0 Å². The van der Waals surface area contributed by atoms with Crippen molar-refractivity contribution in [2.24, 2.45) is 0 Å². The van der Waals surface area contributed by atoms with Crippen LogP contribution in [0.2, 0.25) is 0 Å². The second kappa shape index (κ2) is 7.18. The Morgan fingerprint density at radius 2 is 1.60 bits per heavy atom. The Kier molecular flexibility index (Phi) is 5.58. The molecule has 1 amide bonds. The van der Waals surface area contributed by atoms with Crippen molar-refractivity contribution in [3.63, 3.8) is 0 Å². The Morgan fingerprint density at radius 1 is 1.05 bits per heavy atom. The molecule has 6 nitrogen and oxygen atoms in total. The molecule has 0 aliphatic heterocycles. The highest BCUT2D eigenvalue weighted by Crippen LogP contribution is 2.36.